The fourth-order valence-corrected chi connectivity index (χ4v) is 5.15. The Labute approximate surface area is 155 Å². The van der Waals surface area contributed by atoms with Gasteiger partial charge >= 0.3 is 5.76 Å². The molecule has 0 N–H and O–H groups in total. The molecular weight excluding hydrogens is 382 g/mol. The predicted octanol–water partition coefficient (Wildman–Crippen LogP) is 1.13. The highest BCUT2D eigenvalue weighted by molar-refractivity contribution is 7.91. The lowest BCUT2D eigenvalue weighted by atomic mass is 10.2. The molecule has 2 heterocycles. The number of carbonyl (C=O) groups is 1. The molecule has 1 aliphatic rings. The van der Waals surface area contributed by atoms with E-state index in [2.05, 4.69) is 0 Å². The van der Waals surface area contributed by atoms with Crippen molar-refractivity contribution >= 4 is 38.4 Å². The largest absolute Gasteiger partial charge is 0.419 e. The molecule has 1 aliphatic heterocycles. The van der Waals surface area contributed by atoms with Gasteiger partial charge in [-0.05, 0) is 18.6 Å². The van der Waals surface area contributed by atoms with Gasteiger partial charge in [-0.3, -0.25) is 14.4 Å². The number of aromatic nitrogens is 1. The van der Waals surface area contributed by atoms with Gasteiger partial charge in [-0.15, -0.1) is 0 Å². The fraction of sp³-hybridized carbons (Fsp3) is 0.500. The van der Waals surface area contributed by atoms with Crippen LogP contribution < -0.4 is 5.76 Å². The topological polar surface area (TPSA) is 92.8 Å². The van der Waals surface area contributed by atoms with Crippen molar-refractivity contribution in [3.05, 3.63) is 33.8 Å². The van der Waals surface area contributed by atoms with E-state index in [4.69, 9.17) is 16.0 Å². The molecule has 26 heavy (non-hydrogen) atoms. The van der Waals surface area contributed by atoms with E-state index in [-0.39, 0.29) is 36.4 Å². The second kappa shape index (κ2) is 7.05. The normalized spacial score (nSPS) is 19.3. The minimum atomic E-state index is -3.11. The maximum atomic E-state index is 12.7. The smallest absolute Gasteiger partial charge is 0.408 e. The Hall–Kier alpha value is -1.84. The van der Waals surface area contributed by atoms with Crippen LogP contribution in [0.25, 0.3) is 11.1 Å². The van der Waals surface area contributed by atoms with Crippen LogP contribution in [0.2, 0.25) is 5.02 Å². The van der Waals surface area contributed by atoms with Gasteiger partial charge in [0.25, 0.3) is 0 Å². The van der Waals surface area contributed by atoms with Crippen molar-refractivity contribution < 1.29 is 17.6 Å². The summed E-state index contributed by atoms with van der Waals surface area (Å²) in [5.74, 6) is -0.756. The number of hydrazine groups is 1. The second-order valence-electron chi connectivity index (χ2n) is 6.52. The molecule has 0 spiro atoms. The van der Waals surface area contributed by atoms with Crippen LogP contribution in [0.3, 0.4) is 0 Å². The Morgan fingerprint density at radius 1 is 1.38 bits per heavy atom. The number of oxazole rings is 1. The number of hydrogen-bond donors (Lipinski definition) is 0. The molecule has 1 amide bonds. The molecule has 1 saturated heterocycles. The summed E-state index contributed by atoms with van der Waals surface area (Å²) in [6.07, 6.45) is 0.464. The lowest BCUT2D eigenvalue weighted by Crippen LogP contribution is -2.49. The Balaban J connectivity index is 1.77. The molecule has 0 saturated carbocycles. The lowest BCUT2D eigenvalue weighted by molar-refractivity contribution is -0.149. The number of carbonyl (C=O) groups excluding carboxylic acids is 1. The molecule has 8 nitrogen and oxygen atoms in total. The number of amides is 1. The van der Waals surface area contributed by atoms with Gasteiger partial charge in [0.2, 0.25) is 5.91 Å². The van der Waals surface area contributed by atoms with Gasteiger partial charge < -0.3 is 4.42 Å². The Morgan fingerprint density at radius 2 is 2.12 bits per heavy atom. The summed E-state index contributed by atoms with van der Waals surface area (Å²) >= 11 is 5.89. The Bertz CT molecular complexity index is 995. The van der Waals surface area contributed by atoms with Crippen LogP contribution in [0.4, 0.5) is 0 Å². The van der Waals surface area contributed by atoms with Gasteiger partial charge in [-0.2, -0.15) is 0 Å². The van der Waals surface area contributed by atoms with Crippen LogP contribution in [0, 0.1) is 0 Å². The monoisotopic (exact) mass is 401 g/mol. The quantitative estimate of drug-likeness (QED) is 0.697. The maximum Gasteiger partial charge on any atom is 0.419 e. The minimum Gasteiger partial charge on any atom is -0.408 e. The SMILES string of the molecule is CN(C)N(C(=O)CCn1c(=O)oc2cc(Cl)ccc21)[C@@H]1CCS(=O)(=O)C1. The third-order valence-corrected chi connectivity index (χ3v) is 6.41. The zero-order chi connectivity index (χ0) is 19.1. The molecule has 0 bridgehead atoms. The molecule has 2 aromatic rings. The number of nitrogens with zero attached hydrogens (tertiary/aromatic N) is 3. The van der Waals surface area contributed by atoms with Gasteiger partial charge in [-0.25, -0.2) is 18.2 Å². The van der Waals surface area contributed by atoms with Gasteiger partial charge in [0, 0.05) is 38.1 Å². The van der Waals surface area contributed by atoms with Crippen LogP contribution in [-0.2, 0) is 21.2 Å². The van der Waals surface area contributed by atoms with E-state index in [9.17, 15) is 18.0 Å². The number of benzene rings is 1. The molecule has 142 valence electrons. The minimum absolute atomic E-state index is 0.0377. The van der Waals surface area contributed by atoms with E-state index in [1.807, 2.05) is 0 Å². The number of fused-ring (bicyclic) bond motifs is 1. The number of hydrogen-bond acceptors (Lipinski definition) is 6. The maximum absolute atomic E-state index is 12.7. The highest BCUT2D eigenvalue weighted by Gasteiger charge is 2.35. The van der Waals surface area contributed by atoms with Crippen LogP contribution in [0.5, 0.6) is 0 Å². The van der Waals surface area contributed by atoms with Crippen molar-refractivity contribution in [3.8, 4) is 0 Å². The first-order chi connectivity index (χ1) is 12.2. The zero-order valence-electron chi connectivity index (χ0n) is 14.5. The molecule has 1 aromatic heterocycles. The molecule has 1 atom stereocenters. The van der Waals surface area contributed by atoms with Gasteiger partial charge in [0.1, 0.15) is 0 Å². The summed E-state index contributed by atoms with van der Waals surface area (Å²) < 4.78 is 30.0. The van der Waals surface area contributed by atoms with Gasteiger partial charge in [-0.1, -0.05) is 11.6 Å². The molecule has 1 fully saturated rings. The summed E-state index contributed by atoms with van der Waals surface area (Å²) in [6.45, 7) is 0.135. The first kappa shape index (κ1) is 18.9. The summed E-state index contributed by atoms with van der Waals surface area (Å²) in [5, 5.41) is 3.52. The summed E-state index contributed by atoms with van der Waals surface area (Å²) in [4.78, 5) is 24.7. The van der Waals surface area contributed by atoms with Crippen molar-refractivity contribution in [2.75, 3.05) is 25.6 Å². The van der Waals surface area contributed by atoms with Gasteiger partial charge in [0.05, 0.1) is 23.1 Å². The van der Waals surface area contributed by atoms with E-state index in [1.165, 1.54) is 9.58 Å². The Kier molecular flexibility index (Phi) is 5.14. The third-order valence-electron chi connectivity index (χ3n) is 4.42. The summed E-state index contributed by atoms with van der Waals surface area (Å²) in [7, 11) is 0.289. The fourth-order valence-electron chi connectivity index (χ4n) is 3.30. The first-order valence-electron chi connectivity index (χ1n) is 8.16. The molecule has 1 aromatic carbocycles. The standard InChI is InChI=1S/C16H20ClN3O5S/c1-18(2)20(12-6-8-26(23,24)10-12)15(21)5-7-19-13-4-3-11(17)9-14(13)25-16(19)22/h3-4,9,12H,5-8,10H2,1-2H3/t12-/m1/s1. The van der Waals surface area contributed by atoms with E-state index in [0.29, 0.717) is 22.5 Å². The number of rotatable bonds is 5. The number of halogens is 1. The molecule has 10 heteroatoms. The first-order valence-corrected chi connectivity index (χ1v) is 10.4. The predicted molar refractivity (Wildman–Crippen MR) is 97.7 cm³/mol. The summed E-state index contributed by atoms with van der Waals surface area (Å²) in [6, 6.07) is 4.48. The van der Waals surface area contributed by atoms with Crippen molar-refractivity contribution in [2.45, 2.75) is 25.4 Å². The number of aryl methyl sites for hydroxylation is 1. The van der Waals surface area contributed by atoms with E-state index >= 15 is 0 Å². The lowest BCUT2D eigenvalue weighted by Gasteiger charge is -2.33. The van der Waals surface area contributed by atoms with Crippen LogP contribution in [0.1, 0.15) is 12.8 Å². The second-order valence-corrected chi connectivity index (χ2v) is 9.19. The van der Waals surface area contributed by atoms with Crippen molar-refractivity contribution in [1.29, 1.82) is 0 Å². The molecule has 0 aliphatic carbocycles. The third kappa shape index (κ3) is 3.79. The van der Waals surface area contributed by atoms with Crippen LogP contribution in [-0.4, -0.2) is 60.6 Å². The molecule has 3 rings (SSSR count). The average Bonchev–Trinajstić information content (AvgIpc) is 3.03. The number of sulfone groups is 1. The molecule has 0 unspecified atom stereocenters. The highest BCUT2D eigenvalue weighted by Crippen LogP contribution is 2.21. The zero-order valence-corrected chi connectivity index (χ0v) is 16.1. The highest BCUT2D eigenvalue weighted by atomic mass is 35.5. The Morgan fingerprint density at radius 3 is 2.73 bits per heavy atom. The van der Waals surface area contributed by atoms with E-state index in [1.54, 1.807) is 37.3 Å². The van der Waals surface area contributed by atoms with Crippen molar-refractivity contribution in [3.63, 3.8) is 0 Å². The van der Waals surface area contributed by atoms with Crippen molar-refractivity contribution in [1.82, 2.24) is 14.6 Å². The van der Waals surface area contributed by atoms with Crippen LogP contribution >= 0.6 is 11.6 Å². The van der Waals surface area contributed by atoms with E-state index in [0.717, 1.165) is 0 Å². The van der Waals surface area contributed by atoms with E-state index < -0.39 is 15.6 Å². The molecule has 0 radical (unpaired) electrons. The van der Waals surface area contributed by atoms with Gasteiger partial charge in [0.15, 0.2) is 15.4 Å². The van der Waals surface area contributed by atoms with Crippen molar-refractivity contribution in [2.24, 2.45) is 0 Å². The molecular formula is C16H20ClN3O5S. The average molecular weight is 402 g/mol. The summed E-state index contributed by atoms with van der Waals surface area (Å²) in [5.41, 5.74) is 0.924. The van der Waals surface area contributed by atoms with Crippen LogP contribution in [0.15, 0.2) is 27.4 Å².